The van der Waals surface area contributed by atoms with Gasteiger partial charge in [0.1, 0.15) is 13.2 Å². The van der Waals surface area contributed by atoms with Crippen LogP contribution in [0.15, 0.2) is 41.3 Å². The second kappa shape index (κ2) is 5.94. The smallest absolute Gasteiger partial charge is 0.264 e. The number of nitrogens with zero attached hydrogens (tertiary/aromatic N) is 1. The topological polar surface area (TPSA) is 55.8 Å². The molecule has 0 aliphatic carbocycles. The lowest BCUT2D eigenvalue weighted by Crippen LogP contribution is -2.27. The van der Waals surface area contributed by atoms with E-state index in [-0.39, 0.29) is 4.90 Å². The Kier molecular flexibility index (Phi) is 4.12. The van der Waals surface area contributed by atoms with Crippen LogP contribution in [0.25, 0.3) is 0 Å². The SMILES string of the molecule is Cc1c(Cl)cccc1N(C)S(=O)(=O)c1ccc2c(c1)OCCO2. The molecular weight excluding hydrogens is 338 g/mol. The number of fused-ring (bicyclic) bond motifs is 1. The standard InChI is InChI=1S/C16H16ClNO4S/c1-11-13(17)4-3-5-14(11)18(2)23(19,20)12-6-7-15-16(10-12)22-9-8-21-15/h3-7,10H,8-9H2,1-2H3. The number of anilines is 1. The van der Waals surface area contributed by atoms with E-state index in [4.69, 9.17) is 21.1 Å². The molecule has 1 aliphatic heterocycles. The molecule has 0 spiro atoms. The quantitative estimate of drug-likeness (QED) is 0.850. The highest BCUT2D eigenvalue weighted by molar-refractivity contribution is 7.92. The zero-order valence-corrected chi connectivity index (χ0v) is 14.3. The van der Waals surface area contributed by atoms with Crippen molar-refractivity contribution in [1.29, 1.82) is 0 Å². The summed E-state index contributed by atoms with van der Waals surface area (Å²) in [6, 6.07) is 9.78. The molecule has 122 valence electrons. The highest BCUT2D eigenvalue weighted by Gasteiger charge is 2.25. The van der Waals surface area contributed by atoms with Crippen LogP contribution in [0.4, 0.5) is 5.69 Å². The summed E-state index contributed by atoms with van der Waals surface area (Å²) in [7, 11) is -2.22. The van der Waals surface area contributed by atoms with Gasteiger partial charge in [0.2, 0.25) is 0 Å². The minimum Gasteiger partial charge on any atom is -0.486 e. The normalized spacial score (nSPS) is 13.7. The Morgan fingerprint density at radius 1 is 1.09 bits per heavy atom. The summed E-state index contributed by atoms with van der Waals surface area (Å²) in [6.45, 7) is 2.65. The van der Waals surface area contributed by atoms with E-state index < -0.39 is 10.0 Å². The van der Waals surface area contributed by atoms with Crippen molar-refractivity contribution in [1.82, 2.24) is 0 Å². The predicted octanol–water partition coefficient (Wildman–Crippen LogP) is 3.24. The lowest BCUT2D eigenvalue weighted by molar-refractivity contribution is 0.171. The first-order chi connectivity index (χ1) is 10.9. The van der Waals surface area contributed by atoms with Gasteiger partial charge in [-0.1, -0.05) is 17.7 Å². The molecule has 7 heteroatoms. The van der Waals surface area contributed by atoms with Crippen molar-refractivity contribution in [2.24, 2.45) is 0 Å². The Labute approximate surface area is 140 Å². The van der Waals surface area contributed by atoms with Crippen molar-refractivity contribution in [2.75, 3.05) is 24.6 Å². The summed E-state index contributed by atoms with van der Waals surface area (Å²) >= 11 is 6.09. The fraction of sp³-hybridized carbons (Fsp3) is 0.250. The largest absolute Gasteiger partial charge is 0.486 e. The molecule has 0 unspecified atom stereocenters. The van der Waals surface area contributed by atoms with Gasteiger partial charge < -0.3 is 9.47 Å². The third-order valence-electron chi connectivity index (χ3n) is 3.75. The first-order valence-electron chi connectivity index (χ1n) is 7.05. The molecule has 0 amide bonds. The molecule has 3 rings (SSSR count). The zero-order chi connectivity index (χ0) is 16.6. The van der Waals surface area contributed by atoms with E-state index in [1.165, 1.54) is 23.5 Å². The number of rotatable bonds is 3. The van der Waals surface area contributed by atoms with E-state index in [0.717, 1.165) is 0 Å². The summed E-state index contributed by atoms with van der Waals surface area (Å²) in [6.07, 6.45) is 0. The van der Waals surface area contributed by atoms with E-state index in [0.29, 0.717) is 41.0 Å². The first-order valence-corrected chi connectivity index (χ1v) is 8.87. The van der Waals surface area contributed by atoms with Crippen LogP contribution in [0, 0.1) is 6.92 Å². The maximum atomic E-state index is 12.9. The van der Waals surface area contributed by atoms with Crippen LogP contribution in [0.5, 0.6) is 11.5 Å². The highest BCUT2D eigenvalue weighted by atomic mass is 35.5. The molecule has 0 atom stereocenters. The average molecular weight is 354 g/mol. The molecule has 0 aromatic heterocycles. The molecule has 1 aliphatic rings. The van der Waals surface area contributed by atoms with Gasteiger partial charge in [0.05, 0.1) is 10.6 Å². The molecular formula is C16H16ClNO4S. The Hall–Kier alpha value is -1.92. The summed E-state index contributed by atoms with van der Waals surface area (Å²) in [5, 5.41) is 0.520. The summed E-state index contributed by atoms with van der Waals surface area (Å²) < 4.78 is 37.8. The fourth-order valence-electron chi connectivity index (χ4n) is 2.41. The van der Waals surface area contributed by atoms with Crippen LogP contribution in [-0.4, -0.2) is 28.7 Å². The fourth-order valence-corrected chi connectivity index (χ4v) is 3.85. The number of benzene rings is 2. The van der Waals surface area contributed by atoms with Gasteiger partial charge in [0.25, 0.3) is 10.0 Å². The van der Waals surface area contributed by atoms with Crippen molar-refractivity contribution in [2.45, 2.75) is 11.8 Å². The molecule has 1 heterocycles. The highest BCUT2D eigenvalue weighted by Crippen LogP contribution is 2.35. The average Bonchev–Trinajstić information content (AvgIpc) is 2.56. The molecule has 0 radical (unpaired) electrons. The van der Waals surface area contributed by atoms with Gasteiger partial charge in [-0.15, -0.1) is 0 Å². The summed E-state index contributed by atoms with van der Waals surface area (Å²) in [5.74, 6) is 0.991. The minimum absolute atomic E-state index is 0.142. The molecule has 0 saturated carbocycles. The first kappa shape index (κ1) is 16.0. The van der Waals surface area contributed by atoms with Crippen molar-refractivity contribution in [3.8, 4) is 11.5 Å². The Morgan fingerprint density at radius 2 is 1.78 bits per heavy atom. The van der Waals surface area contributed by atoms with Gasteiger partial charge >= 0.3 is 0 Å². The van der Waals surface area contributed by atoms with Crippen molar-refractivity contribution in [3.63, 3.8) is 0 Å². The second-order valence-electron chi connectivity index (χ2n) is 5.16. The van der Waals surface area contributed by atoms with Crippen LogP contribution >= 0.6 is 11.6 Å². The summed E-state index contributed by atoms with van der Waals surface area (Å²) in [5.41, 5.74) is 1.24. The summed E-state index contributed by atoms with van der Waals surface area (Å²) in [4.78, 5) is 0.142. The molecule has 0 saturated heterocycles. The van der Waals surface area contributed by atoms with Crippen LogP contribution in [-0.2, 0) is 10.0 Å². The van der Waals surface area contributed by atoms with Crippen molar-refractivity contribution in [3.05, 3.63) is 47.0 Å². The van der Waals surface area contributed by atoms with Gasteiger partial charge in [0, 0.05) is 18.1 Å². The molecule has 23 heavy (non-hydrogen) atoms. The van der Waals surface area contributed by atoms with Gasteiger partial charge in [-0.05, 0) is 36.8 Å². The van der Waals surface area contributed by atoms with Gasteiger partial charge in [-0.3, -0.25) is 4.31 Å². The van der Waals surface area contributed by atoms with Crippen molar-refractivity contribution < 1.29 is 17.9 Å². The van der Waals surface area contributed by atoms with Crippen LogP contribution in [0.2, 0.25) is 5.02 Å². The van der Waals surface area contributed by atoms with Crippen LogP contribution in [0.3, 0.4) is 0 Å². The van der Waals surface area contributed by atoms with Crippen LogP contribution in [0.1, 0.15) is 5.56 Å². The Balaban J connectivity index is 2.02. The molecule has 0 bridgehead atoms. The predicted molar refractivity (Wildman–Crippen MR) is 89.2 cm³/mol. The second-order valence-corrected chi connectivity index (χ2v) is 7.54. The molecule has 5 nitrogen and oxygen atoms in total. The molecule has 0 N–H and O–H groups in total. The lowest BCUT2D eigenvalue weighted by Gasteiger charge is -2.23. The molecule has 2 aromatic rings. The third kappa shape index (κ3) is 2.84. The van der Waals surface area contributed by atoms with E-state index >= 15 is 0 Å². The zero-order valence-electron chi connectivity index (χ0n) is 12.7. The van der Waals surface area contributed by atoms with E-state index in [1.54, 1.807) is 31.2 Å². The molecule has 2 aromatic carbocycles. The van der Waals surface area contributed by atoms with E-state index in [2.05, 4.69) is 0 Å². The monoisotopic (exact) mass is 353 g/mol. The third-order valence-corrected chi connectivity index (χ3v) is 5.93. The number of halogens is 1. The lowest BCUT2D eigenvalue weighted by atomic mass is 10.2. The Morgan fingerprint density at radius 3 is 2.52 bits per heavy atom. The van der Waals surface area contributed by atoms with Gasteiger partial charge in [-0.2, -0.15) is 0 Å². The maximum absolute atomic E-state index is 12.9. The maximum Gasteiger partial charge on any atom is 0.264 e. The number of sulfonamides is 1. The van der Waals surface area contributed by atoms with E-state index in [9.17, 15) is 8.42 Å². The minimum atomic E-state index is -3.73. The number of ether oxygens (including phenoxy) is 2. The number of hydrogen-bond acceptors (Lipinski definition) is 4. The van der Waals surface area contributed by atoms with E-state index in [1.807, 2.05) is 0 Å². The number of hydrogen-bond donors (Lipinski definition) is 0. The van der Waals surface area contributed by atoms with Gasteiger partial charge in [-0.25, -0.2) is 8.42 Å². The van der Waals surface area contributed by atoms with Crippen LogP contribution < -0.4 is 13.8 Å². The Bertz CT molecular complexity index is 851. The van der Waals surface area contributed by atoms with Crippen molar-refractivity contribution >= 4 is 27.3 Å². The van der Waals surface area contributed by atoms with Gasteiger partial charge in [0.15, 0.2) is 11.5 Å². The molecule has 0 fully saturated rings.